The number of benzene rings is 3. The van der Waals surface area contributed by atoms with E-state index in [9.17, 15) is 0 Å². The lowest BCUT2D eigenvalue weighted by Gasteiger charge is -2.20. The van der Waals surface area contributed by atoms with Crippen LogP contribution in [-0.2, 0) is 17.7 Å². The Balaban J connectivity index is 0.00000337. The molecule has 0 saturated heterocycles. The summed E-state index contributed by atoms with van der Waals surface area (Å²) in [7, 11) is 0. The molecule has 0 fully saturated rings. The molecule has 0 bridgehead atoms. The van der Waals surface area contributed by atoms with E-state index in [4.69, 9.17) is 15.2 Å². The smallest absolute Gasteiger partial charge is 0.152 e. The number of halogens is 1. The number of ether oxygens (including phenoxy) is 2. The van der Waals surface area contributed by atoms with Gasteiger partial charge in [0.25, 0.3) is 0 Å². The summed E-state index contributed by atoms with van der Waals surface area (Å²) in [5.74, 6) is 1.25. The Hall–Kier alpha value is -4.47. The van der Waals surface area contributed by atoms with Gasteiger partial charge < -0.3 is 19.8 Å². The molecule has 2 N–H and O–H groups in total. The molecule has 9 nitrogen and oxygen atoms in total. The quantitative estimate of drug-likeness (QED) is 0.212. The Bertz CT molecular complexity index is 1720. The minimum atomic E-state index is 0. The zero-order chi connectivity index (χ0) is 27.3. The summed E-state index contributed by atoms with van der Waals surface area (Å²) in [5, 5.41) is 9.51. The van der Waals surface area contributed by atoms with Gasteiger partial charge in [0.1, 0.15) is 23.6 Å². The van der Waals surface area contributed by atoms with Crippen molar-refractivity contribution in [1.82, 2.24) is 29.5 Å². The van der Waals surface area contributed by atoms with E-state index in [1.165, 1.54) is 5.56 Å². The number of anilines is 1. The molecule has 1 atom stereocenters. The minimum Gasteiger partial charge on any atom is -0.492 e. The molecular formula is C31H32ClN7O2. The molecule has 0 radical (unpaired) electrons. The Kier molecular flexibility index (Phi) is 8.76. The van der Waals surface area contributed by atoms with Gasteiger partial charge in [-0.05, 0) is 37.1 Å². The second-order valence-corrected chi connectivity index (χ2v) is 9.61. The van der Waals surface area contributed by atoms with Crippen molar-refractivity contribution in [3.63, 3.8) is 0 Å². The topological polar surface area (TPSA) is 106 Å². The van der Waals surface area contributed by atoms with Crippen LogP contribution in [0.4, 0.5) is 5.82 Å². The molecule has 3 heterocycles. The van der Waals surface area contributed by atoms with Crippen LogP contribution in [0.25, 0.3) is 33.2 Å². The zero-order valence-corrected chi connectivity index (χ0v) is 23.6. The number of fused-ring (bicyclic) bond motifs is 3. The summed E-state index contributed by atoms with van der Waals surface area (Å²) in [5.41, 5.74) is 11.9. The molecule has 6 rings (SSSR count). The van der Waals surface area contributed by atoms with E-state index in [-0.39, 0.29) is 18.4 Å². The van der Waals surface area contributed by atoms with Gasteiger partial charge in [-0.3, -0.25) is 0 Å². The first-order valence-corrected chi connectivity index (χ1v) is 13.5. The fraction of sp³-hybridized carbons (Fsp3) is 0.226. The number of rotatable bonds is 11. The SMILES string of the molecule is CCOCC(Cc1ccc(OCCn2cc(-c3ccccc3)nn2)cc1)n1cnc2c(N)nc3ccccc3c21.Cl. The van der Waals surface area contributed by atoms with E-state index in [1.807, 2.05) is 80.1 Å². The maximum atomic E-state index is 6.27. The van der Waals surface area contributed by atoms with Crippen LogP contribution in [0.15, 0.2) is 91.4 Å². The van der Waals surface area contributed by atoms with Gasteiger partial charge in [0, 0.05) is 17.6 Å². The maximum absolute atomic E-state index is 6.27. The van der Waals surface area contributed by atoms with Gasteiger partial charge >= 0.3 is 0 Å². The highest BCUT2D eigenvalue weighted by Crippen LogP contribution is 2.30. The highest BCUT2D eigenvalue weighted by Gasteiger charge is 2.19. The number of hydrogen-bond acceptors (Lipinski definition) is 7. The molecule has 1 unspecified atom stereocenters. The normalized spacial score (nSPS) is 11.9. The summed E-state index contributed by atoms with van der Waals surface area (Å²) in [6, 6.07) is 26.3. The Labute approximate surface area is 244 Å². The molecule has 10 heteroatoms. The lowest BCUT2D eigenvalue weighted by atomic mass is 10.1. The van der Waals surface area contributed by atoms with Crippen LogP contribution in [0.3, 0.4) is 0 Å². The van der Waals surface area contributed by atoms with Crippen LogP contribution in [0, 0.1) is 0 Å². The summed E-state index contributed by atoms with van der Waals surface area (Å²) in [6.07, 6.45) is 4.56. The van der Waals surface area contributed by atoms with Gasteiger partial charge in [0.2, 0.25) is 0 Å². The molecule has 3 aromatic carbocycles. The zero-order valence-electron chi connectivity index (χ0n) is 22.8. The number of para-hydroxylation sites is 1. The Morgan fingerprint density at radius 1 is 0.951 bits per heavy atom. The van der Waals surface area contributed by atoms with Crippen molar-refractivity contribution >= 4 is 40.2 Å². The summed E-state index contributed by atoms with van der Waals surface area (Å²) < 4.78 is 15.9. The molecule has 6 aromatic rings. The lowest BCUT2D eigenvalue weighted by molar-refractivity contribution is 0.114. The third-order valence-electron chi connectivity index (χ3n) is 6.94. The number of aromatic nitrogens is 6. The van der Waals surface area contributed by atoms with Gasteiger partial charge in [-0.1, -0.05) is 65.9 Å². The average Bonchev–Trinajstić information content (AvgIpc) is 3.65. The van der Waals surface area contributed by atoms with E-state index >= 15 is 0 Å². The number of nitrogens with zero attached hydrogens (tertiary/aromatic N) is 6. The number of pyridine rings is 1. The highest BCUT2D eigenvalue weighted by atomic mass is 35.5. The number of nitrogen functional groups attached to an aromatic ring is 1. The van der Waals surface area contributed by atoms with E-state index in [0.29, 0.717) is 37.7 Å². The van der Waals surface area contributed by atoms with Gasteiger partial charge in [0.05, 0.1) is 42.8 Å². The largest absolute Gasteiger partial charge is 0.492 e. The Morgan fingerprint density at radius 3 is 2.54 bits per heavy atom. The van der Waals surface area contributed by atoms with E-state index in [1.54, 1.807) is 4.68 Å². The van der Waals surface area contributed by atoms with Crippen LogP contribution in [0.5, 0.6) is 5.75 Å². The van der Waals surface area contributed by atoms with Gasteiger partial charge in [-0.25, -0.2) is 14.6 Å². The average molecular weight is 570 g/mol. The molecule has 41 heavy (non-hydrogen) atoms. The maximum Gasteiger partial charge on any atom is 0.152 e. The predicted molar refractivity (Wildman–Crippen MR) is 163 cm³/mol. The van der Waals surface area contributed by atoms with Crippen LogP contribution >= 0.6 is 12.4 Å². The first-order valence-electron chi connectivity index (χ1n) is 13.5. The molecule has 0 aliphatic carbocycles. The van der Waals surface area contributed by atoms with Crippen molar-refractivity contribution in [2.45, 2.75) is 25.9 Å². The van der Waals surface area contributed by atoms with Gasteiger partial charge in [-0.15, -0.1) is 17.5 Å². The third-order valence-corrected chi connectivity index (χ3v) is 6.94. The van der Waals surface area contributed by atoms with Crippen molar-refractivity contribution in [3.05, 3.63) is 97.0 Å². The molecule has 0 spiro atoms. The fourth-order valence-electron chi connectivity index (χ4n) is 4.94. The summed E-state index contributed by atoms with van der Waals surface area (Å²) in [6.45, 7) is 4.30. The van der Waals surface area contributed by atoms with Crippen molar-refractivity contribution in [1.29, 1.82) is 0 Å². The predicted octanol–water partition coefficient (Wildman–Crippen LogP) is 5.75. The molecule has 0 aliphatic heterocycles. The lowest BCUT2D eigenvalue weighted by Crippen LogP contribution is -2.18. The molecule has 210 valence electrons. The number of nitrogens with two attached hydrogens (primary N) is 1. The van der Waals surface area contributed by atoms with Crippen molar-refractivity contribution in [2.75, 3.05) is 25.6 Å². The van der Waals surface area contributed by atoms with Crippen LogP contribution in [0.1, 0.15) is 18.5 Å². The van der Waals surface area contributed by atoms with Crippen LogP contribution < -0.4 is 10.5 Å². The molecule has 0 saturated carbocycles. The minimum absolute atomic E-state index is 0. The number of hydrogen-bond donors (Lipinski definition) is 1. The van der Waals surface area contributed by atoms with Crippen LogP contribution in [0.2, 0.25) is 0 Å². The first kappa shape index (κ1) is 28.1. The highest BCUT2D eigenvalue weighted by molar-refractivity contribution is 6.06. The molecule has 0 aliphatic rings. The van der Waals surface area contributed by atoms with E-state index in [2.05, 4.69) is 43.0 Å². The van der Waals surface area contributed by atoms with E-state index in [0.717, 1.165) is 39.8 Å². The standard InChI is InChI=1S/C31H31N7O2.ClH/c1-2-39-20-24(38-21-33-29-30(38)26-10-6-7-11-27(26)34-31(29)32)18-22-12-14-25(15-13-22)40-17-16-37-19-28(35-36-37)23-8-4-3-5-9-23;/h3-15,19,21,24H,2,16-18,20H2,1H3,(H2,32,34);1H. The first-order chi connectivity index (χ1) is 19.7. The fourth-order valence-corrected chi connectivity index (χ4v) is 4.94. The van der Waals surface area contributed by atoms with Crippen LogP contribution in [-0.4, -0.2) is 49.3 Å². The second kappa shape index (κ2) is 12.8. The van der Waals surface area contributed by atoms with Gasteiger partial charge in [-0.2, -0.15) is 0 Å². The Morgan fingerprint density at radius 2 is 1.73 bits per heavy atom. The van der Waals surface area contributed by atoms with Crippen molar-refractivity contribution in [2.24, 2.45) is 0 Å². The summed E-state index contributed by atoms with van der Waals surface area (Å²) in [4.78, 5) is 9.16. The molecule has 0 amide bonds. The monoisotopic (exact) mass is 569 g/mol. The summed E-state index contributed by atoms with van der Waals surface area (Å²) >= 11 is 0. The van der Waals surface area contributed by atoms with Gasteiger partial charge in [0.15, 0.2) is 5.82 Å². The second-order valence-electron chi connectivity index (χ2n) is 9.61. The molecule has 3 aromatic heterocycles. The van der Waals surface area contributed by atoms with E-state index < -0.39 is 0 Å². The number of imidazole rings is 1. The molecular weight excluding hydrogens is 538 g/mol. The van der Waals surface area contributed by atoms with Crippen molar-refractivity contribution in [3.8, 4) is 17.0 Å². The third kappa shape index (κ3) is 6.16. The van der Waals surface area contributed by atoms with Crippen molar-refractivity contribution < 1.29 is 9.47 Å².